The van der Waals surface area contributed by atoms with E-state index in [1.165, 1.54) is 0 Å². The fraction of sp³-hybridized carbons (Fsp3) is 0.300. The molecule has 0 aliphatic rings. The van der Waals surface area contributed by atoms with Crippen LogP contribution in [0.1, 0.15) is 6.92 Å². The molecule has 2 aromatic heterocycles. The summed E-state index contributed by atoms with van der Waals surface area (Å²) in [6, 6.07) is 0. The molecular formula is C10H13N5. The van der Waals surface area contributed by atoms with Crippen molar-refractivity contribution >= 4 is 5.82 Å². The van der Waals surface area contributed by atoms with Crippen molar-refractivity contribution < 1.29 is 0 Å². The first-order valence-electron chi connectivity index (χ1n) is 4.84. The summed E-state index contributed by atoms with van der Waals surface area (Å²) in [7, 11) is 1.94. The van der Waals surface area contributed by atoms with Gasteiger partial charge < -0.3 is 9.88 Å². The van der Waals surface area contributed by atoms with Crippen LogP contribution >= 0.6 is 0 Å². The number of nitrogens with zero attached hydrogens (tertiary/aromatic N) is 4. The fourth-order valence-corrected chi connectivity index (χ4v) is 1.41. The summed E-state index contributed by atoms with van der Waals surface area (Å²) in [5, 5.41) is 3.18. The van der Waals surface area contributed by atoms with E-state index >= 15 is 0 Å². The van der Waals surface area contributed by atoms with Crippen LogP contribution in [-0.4, -0.2) is 26.1 Å². The maximum absolute atomic E-state index is 4.31. The minimum absolute atomic E-state index is 0.795. The van der Waals surface area contributed by atoms with Crippen LogP contribution < -0.4 is 5.32 Å². The molecule has 0 aliphatic carbocycles. The largest absolute Gasteiger partial charge is 0.368 e. The predicted molar refractivity (Wildman–Crippen MR) is 58.4 cm³/mol. The van der Waals surface area contributed by atoms with Gasteiger partial charge in [0.15, 0.2) is 5.82 Å². The van der Waals surface area contributed by atoms with Crippen molar-refractivity contribution in [3.8, 4) is 11.4 Å². The maximum Gasteiger partial charge on any atom is 0.154 e. The number of rotatable bonds is 3. The lowest BCUT2D eigenvalue weighted by Crippen LogP contribution is -2.04. The maximum atomic E-state index is 4.31. The van der Waals surface area contributed by atoms with Crippen molar-refractivity contribution in [3.63, 3.8) is 0 Å². The lowest BCUT2D eigenvalue weighted by Gasteiger charge is -2.07. The SMILES string of the molecule is CCNc1nccnc1-c1cncn1C. The van der Waals surface area contributed by atoms with Gasteiger partial charge >= 0.3 is 0 Å². The van der Waals surface area contributed by atoms with Gasteiger partial charge in [-0.2, -0.15) is 0 Å². The van der Waals surface area contributed by atoms with Gasteiger partial charge in [-0.25, -0.2) is 15.0 Å². The number of anilines is 1. The molecule has 0 unspecified atom stereocenters. The van der Waals surface area contributed by atoms with Crippen molar-refractivity contribution in [1.29, 1.82) is 0 Å². The molecule has 0 radical (unpaired) electrons. The van der Waals surface area contributed by atoms with Crippen LogP contribution in [0, 0.1) is 0 Å². The molecule has 2 heterocycles. The van der Waals surface area contributed by atoms with Crippen molar-refractivity contribution in [2.75, 3.05) is 11.9 Å². The average Bonchev–Trinajstić information content (AvgIpc) is 2.66. The van der Waals surface area contributed by atoms with E-state index in [4.69, 9.17) is 0 Å². The minimum atomic E-state index is 0.795. The monoisotopic (exact) mass is 203 g/mol. The van der Waals surface area contributed by atoms with E-state index in [2.05, 4.69) is 20.3 Å². The number of aromatic nitrogens is 4. The molecule has 0 bridgehead atoms. The second-order valence-electron chi connectivity index (χ2n) is 3.17. The van der Waals surface area contributed by atoms with Gasteiger partial charge in [0.05, 0.1) is 18.2 Å². The van der Waals surface area contributed by atoms with Crippen molar-refractivity contribution in [2.24, 2.45) is 7.05 Å². The summed E-state index contributed by atoms with van der Waals surface area (Å²) in [6.07, 6.45) is 6.89. The van der Waals surface area contributed by atoms with Gasteiger partial charge in [-0.3, -0.25) is 0 Å². The van der Waals surface area contributed by atoms with E-state index in [1.54, 1.807) is 24.9 Å². The smallest absolute Gasteiger partial charge is 0.154 e. The lowest BCUT2D eigenvalue weighted by molar-refractivity contribution is 0.914. The van der Waals surface area contributed by atoms with E-state index in [0.29, 0.717) is 0 Å². The van der Waals surface area contributed by atoms with Crippen LogP contribution in [0.3, 0.4) is 0 Å². The molecule has 0 atom stereocenters. The van der Waals surface area contributed by atoms with Crippen LogP contribution in [0.2, 0.25) is 0 Å². The molecule has 0 amide bonds. The van der Waals surface area contributed by atoms with Gasteiger partial charge in [-0.1, -0.05) is 0 Å². The first-order valence-corrected chi connectivity index (χ1v) is 4.84. The summed E-state index contributed by atoms with van der Waals surface area (Å²) >= 11 is 0. The van der Waals surface area contributed by atoms with Gasteiger partial charge in [0.2, 0.25) is 0 Å². The zero-order valence-corrected chi connectivity index (χ0v) is 8.81. The first kappa shape index (κ1) is 9.64. The Balaban J connectivity index is 2.48. The molecule has 0 fully saturated rings. The van der Waals surface area contributed by atoms with Crippen LogP contribution in [0.4, 0.5) is 5.82 Å². The Kier molecular flexibility index (Phi) is 2.62. The number of hydrogen-bond donors (Lipinski definition) is 1. The third kappa shape index (κ3) is 1.81. The molecule has 5 nitrogen and oxygen atoms in total. The third-order valence-electron chi connectivity index (χ3n) is 2.10. The van der Waals surface area contributed by atoms with Crippen molar-refractivity contribution in [1.82, 2.24) is 19.5 Å². The van der Waals surface area contributed by atoms with E-state index in [-0.39, 0.29) is 0 Å². The molecule has 0 aromatic carbocycles. The summed E-state index contributed by atoms with van der Waals surface area (Å²) in [6.45, 7) is 2.85. The average molecular weight is 203 g/mol. The second-order valence-corrected chi connectivity index (χ2v) is 3.17. The lowest BCUT2D eigenvalue weighted by atomic mass is 10.3. The number of hydrogen-bond acceptors (Lipinski definition) is 4. The van der Waals surface area contributed by atoms with Crippen LogP contribution in [0.15, 0.2) is 24.9 Å². The second kappa shape index (κ2) is 4.08. The Labute approximate surface area is 88.2 Å². The number of imidazole rings is 1. The minimum Gasteiger partial charge on any atom is -0.368 e. The molecule has 0 aliphatic heterocycles. The number of aryl methyl sites for hydroxylation is 1. The highest BCUT2D eigenvalue weighted by Gasteiger charge is 2.09. The van der Waals surface area contributed by atoms with Crippen molar-refractivity contribution in [2.45, 2.75) is 6.92 Å². The third-order valence-corrected chi connectivity index (χ3v) is 2.10. The predicted octanol–water partition coefficient (Wildman–Crippen LogP) is 1.31. The van der Waals surface area contributed by atoms with Crippen LogP contribution in [0.25, 0.3) is 11.4 Å². The Hall–Kier alpha value is -1.91. The number of nitrogens with one attached hydrogen (secondary N) is 1. The topological polar surface area (TPSA) is 55.6 Å². The van der Waals surface area contributed by atoms with Gasteiger partial charge in [-0.15, -0.1) is 0 Å². The van der Waals surface area contributed by atoms with Gasteiger partial charge in [-0.05, 0) is 6.92 Å². The summed E-state index contributed by atoms with van der Waals surface area (Å²) in [4.78, 5) is 12.6. The Morgan fingerprint density at radius 3 is 2.80 bits per heavy atom. The van der Waals surface area contributed by atoms with E-state index < -0.39 is 0 Å². The zero-order valence-electron chi connectivity index (χ0n) is 8.81. The summed E-state index contributed by atoms with van der Waals surface area (Å²) in [5.74, 6) is 0.795. The Morgan fingerprint density at radius 2 is 2.13 bits per heavy atom. The molecule has 2 rings (SSSR count). The van der Waals surface area contributed by atoms with Crippen LogP contribution in [-0.2, 0) is 7.05 Å². The molecule has 1 N–H and O–H groups in total. The molecule has 2 aromatic rings. The Bertz CT molecular complexity index is 449. The molecular weight excluding hydrogens is 190 g/mol. The molecule has 0 saturated heterocycles. The fourth-order valence-electron chi connectivity index (χ4n) is 1.41. The van der Waals surface area contributed by atoms with Gasteiger partial charge in [0.25, 0.3) is 0 Å². The Morgan fingerprint density at radius 1 is 1.33 bits per heavy atom. The zero-order chi connectivity index (χ0) is 10.7. The van der Waals surface area contributed by atoms with Crippen molar-refractivity contribution in [3.05, 3.63) is 24.9 Å². The highest BCUT2D eigenvalue weighted by molar-refractivity contribution is 5.67. The molecule has 15 heavy (non-hydrogen) atoms. The van der Waals surface area contributed by atoms with E-state index in [9.17, 15) is 0 Å². The summed E-state index contributed by atoms with van der Waals surface area (Å²) < 4.78 is 1.92. The van der Waals surface area contributed by atoms with Crippen LogP contribution in [0.5, 0.6) is 0 Å². The molecule has 0 saturated carbocycles. The normalized spacial score (nSPS) is 10.3. The molecule has 0 spiro atoms. The quantitative estimate of drug-likeness (QED) is 0.817. The highest BCUT2D eigenvalue weighted by atomic mass is 15.1. The summed E-state index contributed by atoms with van der Waals surface area (Å²) in [5.41, 5.74) is 1.79. The molecule has 5 heteroatoms. The van der Waals surface area contributed by atoms with Gasteiger partial charge in [0.1, 0.15) is 5.69 Å². The van der Waals surface area contributed by atoms with Gasteiger partial charge in [0, 0.05) is 26.0 Å². The van der Waals surface area contributed by atoms with E-state index in [1.807, 2.05) is 18.5 Å². The first-order chi connectivity index (χ1) is 7.33. The molecule has 78 valence electrons. The highest BCUT2D eigenvalue weighted by Crippen LogP contribution is 2.21. The van der Waals surface area contributed by atoms with E-state index in [0.717, 1.165) is 23.8 Å². The standard InChI is InChI=1S/C10H13N5/c1-3-12-10-9(13-4-5-14-10)8-6-11-7-15(8)2/h4-7H,3H2,1-2H3,(H,12,14).